The molecule has 2 atom stereocenters. The maximum Gasteiger partial charge on any atom is 0.326 e. The normalized spacial score (nSPS) is 23.9. The summed E-state index contributed by atoms with van der Waals surface area (Å²) in [6.45, 7) is 0.111. The second-order valence-electron chi connectivity index (χ2n) is 4.10. The van der Waals surface area contributed by atoms with Crippen LogP contribution in [0.2, 0.25) is 0 Å². The molecule has 1 aromatic heterocycles. The molecule has 0 aliphatic carbocycles. The van der Waals surface area contributed by atoms with Crippen LogP contribution in [0.3, 0.4) is 0 Å². The summed E-state index contributed by atoms with van der Waals surface area (Å²) in [5.41, 5.74) is 0.880. The number of likely N-dealkylation sites (tertiary alicyclic amines) is 1. The Labute approximate surface area is 102 Å². The van der Waals surface area contributed by atoms with E-state index in [9.17, 15) is 14.7 Å². The average molecular weight is 255 g/mol. The van der Waals surface area contributed by atoms with Crippen LogP contribution < -0.4 is 0 Å². The van der Waals surface area contributed by atoms with Crippen LogP contribution in [0.5, 0.6) is 0 Å². The molecule has 0 saturated carbocycles. The molecule has 1 amide bonds. The van der Waals surface area contributed by atoms with Crippen LogP contribution in [-0.2, 0) is 16.0 Å². The van der Waals surface area contributed by atoms with E-state index < -0.39 is 18.1 Å². The quantitative estimate of drug-likeness (QED) is 0.816. The number of carbonyl (C=O) groups excluding carboxylic acids is 1. The van der Waals surface area contributed by atoms with Crippen molar-refractivity contribution in [3.8, 4) is 0 Å². The summed E-state index contributed by atoms with van der Waals surface area (Å²) in [6.07, 6.45) is -0.424. The predicted molar refractivity (Wildman–Crippen MR) is 61.8 cm³/mol. The number of amides is 1. The summed E-state index contributed by atoms with van der Waals surface area (Å²) >= 11 is 1.50. The second kappa shape index (κ2) is 4.85. The number of aliphatic hydroxyl groups excluding tert-OH is 1. The first kappa shape index (κ1) is 12.1. The van der Waals surface area contributed by atoms with Gasteiger partial charge in [0.15, 0.2) is 0 Å². The zero-order chi connectivity index (χ0) is 12.4. The number of hydrogen-bond donors (Lipinski definition) is 2. The summed E-state index contributed by atoms with van der Waals surface area (Å²) in [4.78, 5) is 24.1. The van der Waals surface area contributed by atoms with E-state index in [4.69, 9.17) is 5.11 Å². The van der Waals surface area contributed by atoms with Gasteiger partial charge in [0, 0.05) is 13.0 Å². The van der Waals surface area contributed by atoms with Crippen LogP contribution in [-0.4, -0.2) is 45.7 Å². The van der Waals surface area contributed by atoms with Crippen LogP contribution in [0.15, 0.2) is 16.8 Å². The Bertz CT molecular complexity index is 417. The molecule has 0 spiro atoms. The van der Waals surface area contributed by atoms with E-state index in [1.54, 1.807) is 0 Å². The Morgan fingerprint density at radius 2 is 2.29 bits per heavy atom. The van der Waals surface area contributed by atoms with Gasteiger partial charge in [-0.2, -0.15) is 11.3 Å². The van der Waals surface area contributed by atoms with Crippen LogP contribution >= 0.6 is 11.3 Å². The van der Waals surface area contributed by atoms with Gasteiger partial charge in [0.2, 0.25) is 5.91 Å². The van der Waals surface area contributed by atoms with Crippen molar-refractivity contribution in [1.29, 1.82) is 0 Å². The molecule has 1 aliphatic heterocycles. The van der Waals surface area contributed by atoms with Crippen molar-refractivity contribution in [2.75, 3.05) is 6.54 Å². The van der Waals surface area contributed by atoms with Gasteiger partial charge < -0.3 is 15.1 Å². The van der Waals surface area contributed by atoms with Crippen molar-refractivity contribution in [3.63, 3.8) is 0 Å². The Morgan fingerprint density at radius 1 is 1.53 bits per heavy atom. The van der Waals surface area contributed by atoms with Gasteiger partial charge in [-0.25, -0.2) is 4.79 Å². The molecule has 0 bridgehead atoms. The number of aliphatic carboxylic acids is 1. The highest BCUT2D eigenvalue weighted by Crippen LogP contribution is 2.20. The molecule has 0 radical (unpaired) electrons. The van der Waals surface area contributed by atoms with Crippen LogP contribution in [0.4, 0.5) is 0 Å². The van der Waals surface area contributed by atoms with Crippen molar-refractivity contribution in [1.82, 2.24) is 4.90 Å². The van der Waals surface area contributed by atoms with Crippen molar-refractivity contribution >= 4 is 23.2 Å². The molecule has 1 saturated heterocycles. The zero-order valence-corrected chi connectivity index (χ0v) is 9.89. The summed E-state index contributed by atoms with van der Waals surface area (Å²) in [5.74, 6) is -1.30. The highest BCUT2D eigenvalue weighted by molar-refractivity contribution is 7.07. The van der Waals surface area contributed by atoms with Gasteiger partial charge in [-0.1, -0.05) is 0 Å². The summed E-state index contributed by atoms with van der Waals surface area (Å²) in [6, 6.07) is 0.946. The van der Waals surface area contributed by atoms with Crippen molar-refractivity contribution < 1.29 is 19.8 Å². The molecule has 0 unspecified atom stereocenters. The predicted octanol–water partition coefficient (Wildman–Crippen LogP) is 0.337. The fourth-order valence-electron chi connectivity index (χ4n) is 1.99. The molecule has 6 heteroatoms. The maximum atomic E-state index is 11.9. The number of hydrogen-bond acceptors (Lipinski definition) is 4. The van der Waals surface area contributed by atoms with E-state index in [0.717, 1.165) is 5.56 Å². The third-order valence-electron chi connectivity index (χ3n) is 2.82. The molecular weight excluding hydrogens is 242 g/mol. The van der Waals surface area contributed by atoms with Crippen molar-refractivity contribution in [3.05, 3.63) is 22.4 Å². The molecule has 2 heterocycles. The molecule has 1 fully saturated rings. The van der Waals surface area contributed by atoms with Crippen LogP contribution in [0.25, 0.3) is 0 Å². The van der Waals surface area contributed by atoms with Gasteiger partial charge in [-0.15, -0.1) is 0 Å². The highest BCUT2D eigenvalue weighted by Gasteiger charge is 2.38. The fourth-order valence-corrected chi connectivity index (χ4v) is 2.66. The third-order valence-corrected chi connectivity index (χ3v) is 3.55. The van der Waals surface area contributed by atoms with Crippen LogP contribution in [0, 0.1) is 0 Å². The Kier molecular flexibility index (Phi) is 3.44. The number of nitrogens with zero attached hydrogens (tertiary/aromatic N) is 1. The van der Waals surface area contributed by atoms with E-state index >= 15 is 0 Å². The minimum absolute atomic E-state index is 0.111. The van der Waals surface area contributed by atoms with E-state index in [2.05, 4.69) is 0 Å². The average Bonchev–Trinajstić information content (AvgIpc) is 2.86. The van der Waals surface area contributed by atoms with E-state index in [-0.39, 0.29) is 25.3 Å². The SMILES string of the molecule is O=C(O)[C@H]1C[C@@H](O)CN1C(=O)Cc1ccsc1. The number of carboxylic acids is 1. The summed E-state index contributed by atoms with van der Waals surface area (Å²) < 4.78 is 0. The number of carbonyl (C=O) groups is 2. The van der Waals surface area contributed by atoms with Gasteiger partial charge in [-0.3, -0.25) is 4.79 Å². The van der Waals surface area contributed by atoms with Gasteiger partial charge in [-0.05, 0) is 22.4 Å². The van der Waals surface area contributed by atoms with Gasteiger partial charge >= 0.3 is 5.97 Å². The summed E-state index contributed by atoms with van der Waals surface area (Å²) in [7, 11) is 0. The smallest absolute Gasteiger partial charge is 0.326 e. The number of carboxylic acid groups (broad SMARTS) is 1. The first-order valence-electron chi connectivity index (χ1n) is 5.29. The largest absolute Gasteiger partial charge is 0.480 e. The van der Waals surface area contributed by atoms with Gasteiger partial charge in [0.05, 0.1) is 12.5 Å². The third kappa shape index (κ3) is 2.65. The van der Waals surface area contributed by atoms with Crippen molar-refractivity contribution in [2.45, 2.75) is 25.0 Å². The van der Waals surface area contributed by atoms with E-state index in [1.807, 2.05) is 16.8 Å². The van der Waals surface area contributed by atoms with E-state index in [0.29, 0.717) is 0 Å². The molecule has 92 valence electrons. The lowest BCUT2D eigenvalue weighted by atomic mass is 10.2. The molecule has 0 aromatic carbocycles. The topological polar surface area (TPSA) is 77.8 Å². The number of rotatable bonds is 3. The first-order valence-corrected chi connectivity index (χ1v) is 6.23. The number of β-amino-alcohol motifs (C(OH)–C–C–N with tert-alkyl or cyclic N) is 1. The Morgan fingerprint density at radius 3 is 2.88 bits per heavy atom. The van der Waals surface area contributed by atoms with Crippen molar-refractivity contribution in [2.24, 2.45) is 0 Å². The minimum Gasteiger partial charge on any atom is -0.480 e. The second-order valence-corrected chi connectivity index (χ2v) is 4.88. The molecule has 17 heavy (non-hydrogen) atoms. The fraction of sp³-hybridized carbons (Fsp3) is 0.455. The van der Waals surface area contributed by atoms with E-state index in [1.165, 1.54) is 16.2 Å². The molecule has 2 rings (SSSR count). The summed E-state index contributed by atoms with van der Waals surface area (Å²) in [5, 5.41) is 22.1. The zero-order valence-electron chi connectivity index (χ0n) is 9.07. The molecule has 5 nitrogen and oxygen atoms in total. The molecule has 2 N–H and O–H groups in total. The maximum absolute atomic E-state index is 11.9. The lowest BCUT2D eigenvalue weighted by Crippen LogP contribution is -2.41. The number of thiophene rings is 1. The standard InChI is InChI=1S/C11H13NO4S/c13-8-4-9(11(15)16)12(5-8)10(14)3-7-1-2-17-6-7/h1-2,6,8-9,13H,3-5H2,(H,15,16)/t8-,9-/m1/s1. The minimum atomic E-state index is -1.06. The van der Waals surface area contributed by atoms with Crippen LogP contribution in [0.1, 0.15) is 12.0 Å². The number of aliphatic hydroxyl groups is 1. The monoisotopic (exact) mass is 255 g/mol. The first-order chi connectivity index (χ1) is 8.08. The molecule has 1 aliphatic rings. The Hall–Kier alpha value is -1.40. The molecule has 1 aromatic rings. The highest BCUT2D eigenvalue weighted by atomic mass is 32.1. The van der Waals surface area contributed by atoms with Gasteiger partial charge in [0.25, 0.3) is 0 Å². The van der Waals surface area contributed by atoms with Gasteiger partial charge in [0.1, 0.15) is 6.04 Å². The Balaban J connectivity index is 2.05. The lowest BCUT2D eigenvalue weighted by Gasteiger charge is -2.20. The molecular formula is C11H13NO4S. The lowest BCUT2D eigenvalue weighted by molar-refractivity contribution is -0.148.